The molecule has 2 rings (SSSR count). The van der Waals surface area contributed by atoms with Crippen molar-refractivity contribution < 1.29 is 19.8 Å². The van der Waals surface area contributed by atoms with Crippen LogP contribution in [0.15, 0.2) is 54.9 Å². The molecule has 0 radical (unpaired) electrons. The minimum atomic E-state index is -1.52. The highest BCUT2D eigenvalue weighted by molar-refractivity contribution is 5.87. The number of aromatic nitrogens is 1. The molecule has 1 amide bonds. The van der Waals surface area contributed by atoms with Gasteiger partial charge in [0.25, 0.3) is 5.91 Å². The van der Waals surface area contributed by atoms with Crippen molar-refractivity contribution in [3.8, 4) is 0 Å². The zero-order valence-electron chi connectivity index (χ0n) is 12.9. The molecule has 3 atom stereocenters. The van der Waals surface area contributed by atoms with E-state index in [1.54, 1.807) is 6.07 Å². The van der Waals surface area contributed by atoms with Crippen LogP contribution in [0.4, 0.5) is 0 Å². The smallest absolute Gasteiger partial charge is 0.330 e. The second-order valence-electron chi connectivity index (χ2n) is 5.36. The normalized spacial score (nSPS) is 14.4. The summed E-state index contributed by atoms with van der Waals surface area (Å²) in [5.41, 5.74) is 7.05. The number of aliphatic hydroxyl groups excluding tert-OH is 1. The molecule has 0 bridgehead atoms. The molecule has 0 saturated heterocycles. The first kappa shape index (κ1) is 17.6. The van der Waals surface area contributed by atoms with Crippen molar-refractivity contribution in [2.75, 3.05) is 0 Å². The standard InChI is InChI=1S/C17H19N3O4/c18-13(9-11-5-2-1-3-6-11)15(21)16(22)20-14(17(23)24)12-7-4-8-19-10-12/h1-8,10,13-15,21H,9,18H2,(H,20,22)(H,23,24)/t13-,14+,15+/m1/s1. The molecule has 0 saturated carbocycles. The van der Waals surface area contributed by atoms with Crippen LogP contribution < -0.4 is 11.1 Å². The van der Waals surface area contributed by atoms with Gasteiger partial charge in [-0.05, 0) is 18.1 Å². The topological polar surface area (TPSA) is 126 Å². The third-order valence-electron chi connectivity index (χ3n) is 3.54. The summed E-state index contributed by atoms with van der Waals surface area (Å²) in [4.78, 5) is 27.3. The highest BCUT2D eigenvalue weighted by Gasteiger charge is 2.28. The van der Waals surface area contributed by atoms with Crippen molar-refractivity contribution in [3.05, 3.63) is 66.0 Å². The maximum atomic E-state index is 12.1. The molecule has 1 heterocycles. The van der Waals surface area contributed by atoms with E-state index in [0.29, 0.717) is 12.0 Å². The first-order valence-corrected chi connectivity index (χ1v) is 7.39. The summed E-state index contributed by atoms with van der Waals surface area (Å²) >= 11 is 0. The van der Waals surface area contributed by atoms with E-state index in [4.69, 9.17) is 5.73 Å². The zero-order chi connectivity index (χ0) is 17.5. The minimum absolute atomic E-state index is 0.292. The summed E-state index contributed by atoms with van der Waals surface area (Å²) in [5.74, 6) is -2.09. The van der Waals surface area contributed by atoms with Crippen LogP contribution in [0.3, 0.4) is 0 Å². The molecule has 0 fully saturated rings. The Morgan fingerprint density at radius 3 is 2.46 bits per heavy atom. The number of aliphatic hydroxyl groups is 1. The van der Waals surface area contributed by atoms with Crippen molar-refractivity contribution in [2.45, 2.75) is 24.6 Å². The van der Waals surface area contributed by atoms with Crippen LogP contribution in [0.2, 0.25) is 0 Å². The van der Waals surface area contributed by atoms with Crippen molar-refractivity contribution in [3.63, 3.8) is 0 Å². The summed E-state index contributed by atoms with van der Waals surface area (Å²) < 4.78 is 0. The number of amides is 1. The molecule has 7 heteroatoms. The number of nitrogens with zero attached hydrogens (tertiary/aromatic N) is 1. The van der Waals surface area contributed by atoms with Gasteiger partial charge in [0.05, 0.1) is 0 Å². The van der Waals surface area contributed by atoms with Crippen LogP contribution in [0.1, 0.15) is 17.2 Å². The molecule has 1 aromatic carbocycles. The second kappa shape index (κ2) is 8.19. The Kier molecular flexibility index (Phi) is 6.00. The fourth-order valence-electron chi connectivity index (χ4n) is 2.25. The molecular weight excluding hydrogens is 310 g/mol. The Labute approximate surface area is 139 Å². The quantitative estimate of drug-likeness (QED) is 0.577. The van der Waals surface area contributed by atoms with Crippen molar-refractivity contribution in [1.29, 1.82) is 0 Å². The van der Waals surface area contributed by atoms with Gasteiger partial charge in [-0.3, -0.25) is 9.78 Å². The summed E-state index contributed by atoms with van der Waals surface area (Å²) in [5, 5.41) is 21.6. The van der Waals surface area contributed by atoms with Gasteiger partial charge in [-0.25, -0.2) is 4.79 Å². The third kappa shape index (κ3) is 4.61. The van der Waals surface area contributed by atoms with E-state index in [-0.39, 0.29) is 0 Å². The number of hydrogen-bond donors (Lipinski definition) is 4. The van der Waals surface area contributed by atoms with Gasteiger partial charge in [0.2, 0.25) is 0 Å². The maximum Gasteiger partial charge on any atom is 0.330 e. The number of aliphatic carboxylic acids is 1. The summed E-state index contributed by atoms with van der Waals surface area (Å²) in [6.07, 6.45) is 1.60. The Hall–Kier alpha value is -2.77. The third-order valence-corrected chi connectivity index (χ3v) is 3.54. The zero-order valence-corrected chi connectivity index (χ0v) is 12.9. The number of rotatable bonds is 7. The van der Waals surface area contributed by atoms with E-state index in [1.165, 1.54) is 18.5 Å². The predicted octanol–water partition coefficient (Wildman–Crippen LogP) is 0.254. The van der Waals surface area contributed by atoms with E-state index in [0.717, 1.165) is 5.56 Å². The largest absolute Gasteiger partial charge is 0.479 e. The molecule has 0 unspecified atom stereocenters. The first-order chi connectivity index (χ1) is 11.5. The molecule has 5 N–H and O–H groups in total. The molecule has 24 heavy (non-hydrogen) atoms. The van der Waals surface area contributed by atoms with Crippen molar-refractivity contribution >= 4 is 11.9 Å². The molecule has 7 nitrogen and oxygen atoms in total. The summed E-state index contributed by atoms with van der Waals surface area (Å²) in [7, 11) is 0. The highest BCUT2D eigenvalue weighted by atomic mass is 16.4. The molecular formula is C17H19N3O4. The van der Waals surface area contributed by atoms with Gasteiger partial charge in [0.15, 0.2) is 6.04 Å². The van der Waals surface area contributed by atoms with E-state index < -0.39 is 30.1 Å². The Morgan fingerprint density at radius 1 is 1.17 bits per heavy atom. The van der Waals surface area contributed by atoms with E-state index in [2.05, 4.69) is 10.3 Å². The number of benzene rings is 1. The molecule has 0 aliphatic rings. The van der Waals surface area contributed by atoms with Crippen LogP contribution in [0, 0.1) is 0 Å². The summed E-state index contributed by atoms with van der Waals surface area (Å²) in [6.45, 7) is 0. The lowest BCUT2D eigenvalue weighted by Gasteiger charge is -2.21. The predicted molar refractivity (Wildman–Crippen MR) is 86.9 cm³/mol. The molecule has 1 aromatic heterocycles. The average molecular weight is 329 g/mol. The van der Waals surface area contributed by atoms with Gasteiger partial charge >= 0.3 is 5.97 Å². The fraction of sp³-hybridized carbons (Fsp3) is 0.235. The van der Waals surface area contributed by atoms with Crippen LogP contribution in [-0.4, -0.2) is 39.2 Å². The minimum Gasteiger partial charge on any atom is -0.479 e. The fourth-order valence-corrected chi connectivity index (χ4v) is 2.25. The lowest BCUT2D eigenvalue weighted by molar-refractivity contribution is -0.143. The van der Waals surface area contributed by atoms with Gasteiger partial charge < -0.3 is 21.3 Å². The van der Waals surface area contributed by atoms with Gasteiger partial charge in [-0.1, -0.05) is 36.4 Å². The first-order valence-electron chi connectivity index (χ1n) is 7.39. The number of nitrogens with one attached hydrogen (secondary N) is 1. The number of carboxylic acid groups (broad SMARTS) is 1. The number of nitrogens with two attached hydrogens (primary N) is 1. The molecule has 2 aromatic rings. The van der Waals surface area contributed by atoms with Crippen LogP contribution in [0.5, 0.6) is 0 Å². The number of pyridine rings is 1. The molecule has 0 spiro atoms. The monoisotopic (exact) mass is 329 g/mol. The van der Waals surface area contributed by atoms with Crippen molar-refractivity contribution in [1.82, 2.24) is 10.3 Å². The number of carbonyl (C=O) groups excluding carboxylic acids is 1. The SMILES string of the molecule is N[C@H](Cc1ccccc1)[C@H](O)C(=O)N[C@H](C(=O)O)c1cccnc1. The Morgan fingerprint density at radius 2 is 1.88 bits per heavy atom. The molecule has 0 aliphatic carbocycles. The van der Waals surface area contributed by atoms with Crippen LogP contribution in [-0.2, 0) is 16.0 Å². The Balaban J connectivity index is 2.02. The van der Waals surface area contributed by atoms with Crippen LogP contribution >= 0.6 is 0 Å². The average Bonchev–Trinajstić information content (AvgIpc) is 2.60. The molecule has 126 valence electrons. The van der Waals surface area contributed by atoms with E-state index in [1.807, 2.05) is 30.3 Å². The second-order valence-corrected chi connectivity index (χ2v) is 5.36. The number of carboxylic acids is 1. The van der Waals surface area contributed by atoms with Gasteiger partial charge in [-0.15, -0.1) is 0 Å². The molecule has 0 aliphatic heterocycles. The highest BCUT2D eigenvalue weighted by Crippen LogP contribution is 2.12. The van der Waals surface area contributed by atoms with E-state index >= 15 is 0 Å². The van der Waals surface area contributed by atoms with Gasteiger partial charge in [0, 0.05) is 24.0 Å². The van der Waals surface area contributed by atoms with Crippen LogP contribution in [0.25, 0.3) is 0 Å². The Bertz CT molecular complexity index is 679. The maximum absolute atomic E-state index is 12.1. The van der Waals surface area contributed by atoms with Gasteiger partial charge in [-0.2, -0.15) is 0 Å². The van der Waals surface area contributed by atoms with Crippen molar-refractivity contribution in [2.24, 2.45) is 5.73 Å². The van der Waals surface area contributed by atoms with E-state index in [9.17, 15) is 19.8 Å². The van der Waals surface area contributed by atoms with Gasteiger partial charge in [0.1, 0.15) is 6.10 Å². The lowest BCUT2D eigenvalue weighted by Crippen LogP contribution is -2.49. The number of hydrogen-bond acceptors (Lipinski definition) is 5. The lowest BCUT2D eigenvalue weighted by atomic mass is 10.0. The number of carbonyl (C=O) groups is 2. The summed E-state index contributed by atoms with van der Waals surface area (Å²) in [6, 6.07) is 10.1.